The predicted octanol–water partition coefficient (Wildman–Crippen LogP) is 2.95. The summed E-state index contributed by atoms with van der Waals surface area (Å²) in [5, 5.41) is 17.2. The van der Waals surface area contributed by atoms with Gasteiger partial charge in [0.05, 0.1) is 5.69 Å². The maximum Gasteiger partial charge on any atom is 0.263 e. The van der Waals surface area contributed by atoms with Crippen LogP contribution in [0.15, 0.2) is 43.1 Å². The van der Waals surface area contributed by atoms with Gasteiger partial charge in [-0.05, 0) is 43.9 Å². The Kier molecular flexibility index (Phi) is 6.01. The Morgan fingerprint density at radius 3 is 2.55 bits per heavy atom. The van der Waals surface area contributed by atoms with Gasteiger partial charge in [-0.25, -0.2) is 15.0 Å². The van der Waals surface area contributed by atoms with E-state index < -0.39 is 0 Å². The quantitative estimate of drug-likeness (QED) is 0.486. The van der Waals surface area contributed by atoms with Gasteiger partial charge in [-0.15, -0.1) is 0 Å². The van der Waals surface area contributed by atoms with E-state index in [1.165, 1.54) is 0 Å². The highest BCUT2D eigenvalue weighted by Crippen LogP contribution is 2.23. The summed E-state index contributed by atoms with van der Waals surface area (Å²) < 4.78 is 7.35. The van der Waals surface area contributed by atoms with E-state index in [1.807, 2.05) is 19.3 Å². The number of hydrogen-bond acceptors (Lipinski definition) is 8. The van der Waals surface area contributed by atoms with Crippen LogP contribution in [-0.4, -0.2) is 43.4 Å². The van der Waals surface area contributed by atoms with Gasteiger partial charge in [0.1, 0.15) is 5.84 Å². The number of pyridine rings is 1. The third-order valence-corrected chi connectivity index (χ3v) is 5.54. The van der Waals surface area contributed by atoms with Crippen LogP contribution in [0.5, 0.6) is 11.6 Å². The van der Waals surface area contributed by atoms with Gasteiger partial charge in [0.25, 0.3) is 5.88 Å². The number of nitrogens with zero attached hydrogens (tertiary/aromatic N) is 6. The third-order valence-electron chi connectivity index (χ3n) is 5.54. The number of aromatic nitrogens is 5. The van der Waals surface area contributed by atoms with Gasteiger partial charge in [-0.1, -0.05) is 6.92 Å². The molecule has 0 aliphatic carbocycles. The van der Waals surface area contributed by atoms with Gasteiger partial charge in [0.15, 0.2) is 11.2 Å². The van der Waals surface area contributed by atoms with Crippen LogP contribution in [0.4, 0.5) is 5.95 Å². The minimum Gasteiger partial charge on any atom is -0.434 e. The van der Waals surface area contributed by atoms with Crippen LogP contribution in [0.3, 0.4) is 0 Å². The van der Waals surface area contributed by atoms with E-state index in [9.17, 15) is 0 Å². The molecule has 0 saturated carbocycles. The Morgan fingerprint density at radius 1 is 1.13 bits per heavy atom. The fourth-order valence-corrected chi connectivity index (χ4v) is 3.61. The summed E-state index contributed by atoms with van der Waals surface area (Å²) in [7, 11) is 0. The van der Waals surface area contributed by atoms with Crippen molar-refractivity contribution in [2.75, 3.05) is 18.0 Å². The highest BCUT2D eigenvalue weighted by atomic mass is 16.5. The molecule has 0 spiro atoms. The molecule has 0 unspecified atom stereocenters. The molecule has 1 aliphatic heterocycles. The van der Waals surface area contributed by atoms with Crippen LogP contribution >= 0.6 is 0 Å². The van der Waals surface area contributed by atoms with Crippen molar-refractivity contribution in [2.45, 2.75) is 33.1 Å². The molecule has 4 rings (SSSR count). The molecule has 0 atom stereocenters. The van der Waals surface area contributed by atoms with E-state index >= 15 is 0 Å². The number of hydrogen-bond donors (Lipinski definition) is 2. The van der Waals surface area contributed by atoms with Gasteiger partial charge in [-0.3, -0.25) is 20.4 Å². The van der Waals surface area contributed by atoms with E-state index in [1.54, 1.807) is 35.3 Å². The van der Waals surface area contributed by atoms with Crippen LogP contribution in [0.25, 0.3) is 0 Å². The summed E-state index contributed by atoms with van der Waals surface area (Å²) in [6.07, 6.45) is 11.2. The van der Waals surface area contributed by atoms with E-state index in [0.29, 0.717) is 11.6 Å². The second-order valence-corrected chi connectivity index (χ2v) is 7.53. The van der Waals surface area contributed by atoms with E-state index in [4.69, 9.17) is 15.6 Å². The maximum absolute atomic E-state index is 8.70. The zero-order valence-electron chi connectivity index (χ0n) is 17.7. The smallest absolute Gasteiger partial charge is 0.263 e. The zero-order chi connectivity index (χ0) is 21.8. The van der Waals surface area contributed by atoms with Crippen LogP contribution < -0.4 is 15.1 Å². The van der Waals surface area contributed by atoms with Crippen molar-refractivity contribution >= 4 is 11.8 Å². The first-order chi connectivity index (χ1) is 15.1. The average Bonchev–Trinajstić information content (AvgIpc) is 2.81. The second kappa shape index (κ2) is 9.03. The average molecular weight is 419 g/mol. The van der Waals surface area contributed by atoms with Gasteiger partial charge >= 0.3 is 0 Å². The first kappa shape index (κ1) is 20.6. The van der Waals surface area contributed by atoms with Crippen LogP contribution in [0.1, 0.15) is 31.0 Å². The van der Waals surface area contributed by atoms with E-state index in [-0.39, 0.29) is 17.3 Å². The lowest BCUT2D eigenvalue weighted by molar-refractivity contribution is 0.438. The molecular formula is C22H26N8O. The Balaban J connectivity index is 1.45. The molecule has 9 heteroatoms. The summed E-state index contributed by atoms with van der Waals surface area (Å²) in [6, 6.07) is 3.56. The molecule has 0 amide bonds. The van der Waals surface area contributed by atoms with Crippen molar-refractivity contribution in [3.8, 4) is 11.6 Å². The molecule has 0 bridgehead atoms. The number of anilines is 1. The summed E-state index contributed by atoms with van der Waals surface area (Å²) in [4.78, 5) is 19.5. The fourth-order valence-electron chi connectivity index (χ4n) is 3.61. The van der Waals surface area contributed by atoms with Gasteiger partial charge in [0, 0.05) is 50.0 Å². The molecule has 1 fully saturated rings. The molecule has 31 heavy (non-hydrogen) atoms. The lowest BCUT2D eigenvalue weighted by Crippen LogP contribution is -2.41. The number of piperidine rings is 1. The number of nitrogens with one attached hydrogen (secondary N) is 2. The monoisotopic (exact) mass is 418 g/mol. The summed E-state index contributed by atoms with van der Waals surface area (Å²) >= 11 is 0. The largest absolute Gasteiger partial charge is 0.434 e. The van der Waals surface area contributed by atoms with Crippen molar-refractivity contribution in [1.29, 1.82) is 10.8 Å². The second-order valence-electron chi connectivity index (χ2n) is 7.53. The maximum atomic E-state index is 8.70. The molecule has 0 aromatic carbocycles. The number of ether oxygens (including phenoxy) is 1. The molecule has 3 aromatic rings. The van der Waals surface area contributed by atoms with Gasteiger partial charge < -0.3 is 9.64 Å². The van der Waals surface area contributed by atoms with Gasteiger partial charge in [-0.2, -0.15) is 0 Å². The minimum absolute atomic E-state index is 0.0376. The van der Waals surface area contributed by atoms with E-state index in [0.717, 1.165) is 49.6 Å². The first-order valence-corrected chi connectivity index (χ1v) is 10.4. The molecule has 1 aliphatic rings. The predicted molar refractivity (Wildman–Crippen MR) is 117 cm³/mol. The van der Waals surface area contributed by atoms with Crippen molar-refractivity contribution in [1.82, 2.24) is 24.5 Å². The normalized spacial score (nSPS) is 14.5. The standard InChI is InChI=1S/C22H26N8O/c1-3-16-13-27-22(28-14-16)29-10-6-17(7-11-29)19(23)30-12-9-26-21(20(30)24)31-18-5-4-8-25-15(18)2/h4-5,8-9,12-14,17,23-24H,3,6-7,10-11H2,1-2H3. The van der Waals surface area contributed by atoms with E-state index in [2.05, 4.69) is 31.8 Å². The van der Waals surface area contributed by atoms with Crippen LogP contribution in [0.2, 0.25) is 0 Å². The lowest BCUT2D eigenvalue weighted by atomic mass is 9.95. The van der Waals surface area contributed by atoms with Crippen molar-refractivity contribution in [2.24, 2.45) is 5.92 Å². The molecule has 2 N–H and O–H groups in total. The van der Waals surface area contributed by atoms with Crippen molar-refractivity contribution < 1.29 is 4.74 Å². The highest BCUT2D eigenvalue weighted by molar-refractivity contribution is 5.84. The molecule has 9 nitrogen and oxygen atoms in total. The summed E-state index contributed by atoms with van der Waals surface area (Å²) in [5.74, 6) is 1.86. The summed E-state index contributed by atoms with van der Waals surface area (Å²) in [6.45, 7) is 5.47. The molecule has 0 radical (unpaired) electrons. The Labute approximate surface area is 180 Å². The highest BCUT2D eigenvalue weighted by Gasteiger charge is 2.25. The van der Waals surface area contributed by atoms with Gasteiger partial charge in [0.2, 0.25) is 5.95 Å². The molecule has 1 saturated heterocycles. The van der Waals surface area contributed by atoms with Crippen LogP contribution in [0, 0.1) is 23.7 Å². The van der Waals surface area contributed by atoms with Crippen molar-refractivity contribution in [3.63, 3.8) is 0 Å². The third kappa shape index (κ3) is 4.45. The first-order valence-electron chi connectivity index (χ1n) is 10.4. The number of aryl methyl sites for hydroxylation is 2. The lowest BCUT2D eigenvalue weighted by Gasteiger charge is -2.32. The molecular weight excluding hydrogens is 392 g/mol. The molecule has 3 aromatic heterocycles. The SMILES string of the molecule is CCc1cnc(N2CCC(C(=N)n3ccnc(Oc4cccnc4C)c3=N)CC2)nc1. The Hall–Kier alpha value is -3.62. The Morgan fingerprint density at radius 2 is 1.87 bits per heavy atom. The summed E-state index contributed by atoms with van der Waals surface area (Å²) in [5.41, 5.74) is 1.89. The zero-order valence-corrected chi connectivity index (χ0v) is 17.7. The van der Waals surface area contributed by atoms with Crippen LogP contribution in [-0.2, 0) is 6.42 Å². The topological polar surface area (TPSA) is 117 Å². The molecule has 4 heterocycles. The fraction of sp³-hybridized carbons (Fsp3) is 0.364. The minimum atomic E-state index is 0.0376. The number of rotatable bonds is 5. The van der Waals surface area contributed by atoms with Crippen molar-refractivity contribution in [3.05, 3.63) is 59.9 Å². The Bertz CT molecular complexity index is 1120. The molecule has 160 valence electrons.